The van der Waals surface area contributed by atoms with Gasteiger partial charge in [-0.05, 0) is 60.9 Å². The van der Waals surface area contributed by atoms with E-state index in [2.05, 4.69) is 15.2 Å². The summed E-state index contributed by atoms with van der Waals surface area (Å²) in [4.78, 5) is 48.1. The number of fused-ring (bicyclic) bond motifs is 1. The molecule has 2 aliphatic carbocycles. The number of carbonyl (C=O) groups is 2. The quantitative estimate of drug-likeness (QED) is 0.476. The molecule has 1 aromatic heterocycles. The summed E-state index contributed by atoms with van der Waals surface area (Å²) in [5, 5.41) is 2.72. The molecule has 3 heterocycles. The zero-order chi connectivity index (χ0) is 26.4. The Hall–Kier alpha value is -3.28. The second-order valence-corrected chi connectivity index (χ2v) is 11.2. The second kappa shape index (κ2) is 9.79. The molecule has 2 aromatic rings. The first-order chi connectivity index (χ1) is 18.4. The molecule has 2 saturated carbocycles. The lowest BCUT2D eigenvalue weighted by atomic mass is 10.1. The molecule has 0 radical (unpaired) electrons. The van der Waals surface area contributed by atoms with Crippen LogP contribution in [0.2, 0.25) is 0 Å². The van der Waals surface area contributed by atoms with Gasteiger partial charge in [0.2, 0.25) is 5.91 Å². The lowest BCUT2D eigenvalue weighted by Gasteiger charge is -2.36. The first kappa shape index (κ1) is 25.0. The predicted molar refractivity (Wildman–Crippen MR) is 143 cm³/mol. The zero-order valence-corrected chi connectivity index (χ0v) is 21.6. The van der Waals surface area contributed by atoms with Gasteiger partial charge in [-0.1, -0.05) is 12.1 Å². The third-order valence-electron chi connectivity index (χ3n) is 8.93. The summed E-state index contributed by atoms with van der Waals surface area (Å²) in [5.74, 6) is 2.57. The van der Waals surface area contributed by atoms with Gasteiger partial charge in [0.25, 0.3) is 0 Å². The van der Waals surface area contributed by atoms with E-state index in [0.29, 0.717) is 32.7 Å². The predicted octanol–water partition coefficient (Wildman–Crippen LogP) is 0.284. The molecule has 5 N–H and O–H groups in total. The van der Waals surface area contributed by atoms with Crippen LogP contribution in [0.1, 0.15) is 18.4 Å². The lowest BCUT2D eigenvalue weighted by Crippen LogP contribution is -2.54. The number of nitrogens with zero attached hydrogens (tertiary/aromatic N) is 5. The van der Waals surface area contributed by atoms with Gasteiger partial charge in [0, 0.05) is 58.6 Å². The molecule has 4 fully saturated rings. The van der Waals surface area contributed by atoms with Gasteiger partial charge in [0.15, 0.2) is 0 Å². The van der Waals surface area contributed by atoms with Crippen molar-refractivity contribution in [1.82, 2.24) is 24.3 Å². The summed E-state index contributed by atoms with van der Waals surface area (Å²) in [6.07, 6.45) is 3.32. The fourth-order valence-electron chi connectivity index (χ4n) is 6.20. The van der Waals surface area contributed by atoms with Crippen LogP contribution >= 0.6 is 0 Å². The number of likely N-dealkylation sites (tertiary alicyclic amines) is 1. The highest BCUT2D eigenvalue weighted by Crippen LogP contribution is 2.51. The van der Waals surface area contributed by atoms with Crippen molar-refractivity contribution in [2.45, 2.75) is 19.4 Å². The average Bonchev–Trinajstić information content (AvgIpc) is 3.83. The number of carbonyl (C=O) groups excluding carboxylic acids is 2. The van der Waals surface area contributed by atoms with E-state index in [0.717, 1.165) is 62.5 Å². The van der Waals surface area contributed by atoms with Crippen LogP contribution in [-0.4, -0.2) is 88.5 Å². The van der Waals surface area contributed by atoms with Gasteiger partial charge >= 0.3 is 11.7 Å². The molecule has 3 amide bonds. The number of piperidine rings is 1. The highest BCUT2D eigenvalue weighted by molar-refractivity contribution is 5.89. The van der Waals surface area contributed by atoms with E-state index in [4.69, 9.17) is 11.5 Å². The molecule has 6 rings (SSSR count). The first-order valence-corrected chi connectivity index (χ1v) is 13.6. The van der Waals surface area contributed by atoms with Crippen molar-refractivity contribution in [1.29, 1.82) is 0 Å². The summed E-state index contributed by atoms with van der Waals surface area (Å²) >= 11 is 0. The minimum Gasteiger partial charge on any atom is -0.339 e. The molecule has 11 nitrogen and oxygen atoms in total. The monoisotopic (exact) mass is 520 g/mol. The molecule has 11 heteroatoms. The molecule has 1 aromatic carbocycles. The Bertz CT molecular complexity index is 1250. The average molecular weight is 521 g/mol. The SMILES string of the molecule is NCC1C2CN(Cc3ccc(-n4ccc(NC(=O)N5CCN(C(=O)C6(CN)CC6)CC5)nc4=O)cc3)CC12. The molecule has 4 aliphatic rings. The highest BCUT2D eigenvalue weighted by Gasteiger charge is 2.54. The van der Waals surface area contributed by atoms with Crippen LogP contribution in [0, 0.1) is 23.2 Å². The van der Waals surface area contributed by atoms with Crippen LogP contribution in [-0.2, 0) is 11.3 Å². The number of hydrogen-bond donors (Lipinski definition) is 3. The van der Waals surface area contributed by atoms with Crippen LogP contribution in [0.15, 0.2) is 41.3 Å². The van der Waals surface area contributed by atoms with Gasteiger partial charge in [0.1, 0.15) is 5.82 Å². The van der Waals surface area contributed by atoms with E-state index >= 15 is 0 Å². The maximum Gasteiger partial charge on any atom is 0.354 e. The van der Waals surface area contributed by atoms with Gasteiger partial charge in [-0.2, -0.15) is 4.98 Å². The van der Waals surface area contributed by atoms with Crippen molar-refractivity contribution in [2.24, 2.45) is 34.6 Å². The number of amides is 3. The fourth-order valence-corrected chi connectivity index (χ4v) is 6.20. The minimum absolute atomic E-state index is 0.103. The van der Waals surface area contributed by atoms with Crippen LogP contribution in [0.5, 0.6) is 0 Å². The number of anilines is 1. The molecule has 2 unspecified atom stereocenters. The van der Waals surface area contributed by atoms with E-state index in [1.807, 2.05) is 24.3 Å². The van der Waals surface area contributed by atoms with Crippen molar-refractivity contribution < 1.29 is 9.59 Å². The number of nitrogens with one attached hydrogen (secondary N) is 1. The Kier molecular flexibility index (Phi) is 6.45. The highest BCUT2D eigenvalue weighted by atomic mass is 16.2. The van der Waals surface area contributed by atoms with E-state index in [-0.39, 0.29) is 23.2 Å². The van der Waals surface area contributed by atoms with Crippen molar-refractivity contribution in [2.75, 3.05) is 57.7 Å². The van der Waals surface area contributed by atoms with Crippen LogP contribution < -0.4 is 22.5 Å². The van der Waals surface area contributed by atoms with E-state index in [9.17, 15) is 14.4 Å². The Morgan fingerprint density at radius 1 is 0.974 bits per heavy atom. The maximum absolute atomic E-state index is 12.7. The zero-order valence-electron chi connectivity index (χ0n) is 21.6. The molecule has 0 bridgehead atoms. The Balaban J connectivity index is 1.01. The van der Waals surface area contributed by atoms with E-state index < -0.39 is 5.69 Å². The summed E-state index contributed by atoms with van der Waals surface area (Å²) in [7, 11) is 0. The number of urea groups is 1. The van der Waals surface area contributed by atoms with Crippen molar-refractivity contribution in [3.8, 4) is 5.69 Å². The topological polar surface area (TPSA) is 143 Å². The molecular weight excluding hydrogens is 484 g/mol. The molecule has 38 heavy (non-hydrogen) atoms. The standard InChI is InChI=1S/C27H36N8O3/c28-13-20-21-15-32(16-22(20)21)14-18-1-3-19(4-2-18)35-8-5-23(31-26(35)38)30-25(37)34-11-9-33(10-12-34)24(36)27(17-29)6-7-27/h1-5,8,20-22H,6-7,9-17,28-29H2,(H,30,31,37,38). The third-order valence-corrected chi connectivity index (χ3v) is 8.93. The first-order valence-electron chi connectivity index (χ1n) is 13.6. The van der Waals surface area contributed by atoms with Gasteiger partial charge in [0.05, 0.1) is 11.1 Å². The Morgan fingerprint density at radius 2 is 1.63 bits per heavy atom. The molecule has 2 atom stereocenters. The fraction of sp³-hybridized carbons (Fsp3) is 0.556. The van der Waals surface area contributed by atoms with Crippen molar-refractivity contribution in [3.05, 3.63) is 52.6 Å². The number of rotatable bonds is 7. The minimum atomic E-state index is -0.463. The van der Waals surface area contributed by atoms with E-state index in [1.165, 1.54) is 10.1 Å². The molecule has 2 aliphatic heterocycles. The van der Waals surface area contributed by atoms with Gasteiger partial charge in [-0.3, -0.25) is 19.6 Å². The number of benzene rings is 1. The van der Waals surface area contributed by atoms with Gasteiger partial charge < -0.3 is 21.3 Å². The molecular formula is C27H36N8O3. The maximum atomic E-state index is 12.7. The van der Waals surface area contributed by atoms with E-state index in [1.54, 1.807) is 22.1 Å². The number of hydrogen-bond acceptors (Lipinski definition) is 7. The van der Waals surface area contributed by atoms with Crippen LogP contribution in [0.3, 0.4) is 0 Å². The largest absolute Gasteiger partial charge is 0.354 e. The van der Waals surface area contributed by atoms with Gasteiger partial charge in [-0.15, -0.1) is 0 Å². The summed E-state index contributed by atoms with van der Waals surface area (Å²) in [6.45, 7) is 6.13. The molecule has 2 saturated heterocycles. The molecule has 202 valence electrons. The lowest BCUT2D eigenvalue weighted by molar-refractivity contribution is -0.138. The normalized spacial score (nSPS) is 25.7. The summed E-state index contributed by atoms with van der Waals surface area (Å²) < 4.78 is 1.46. The summed E-state index contributed by atoms with van der Waals surface area (Å²) in [6, 6.07) is 9.23. The third kappa shape index (κ3) is 4.70. The smallest absolute Gasteiger partial charge is 0.339 e. The van der Waals surface area contributed by atoms with Gasteiger partial charge in [-0.25, -0.2) is 9.59 Å². The number of nitrogens with two attached hydrogens (primary N) is 2. The summed E-state index contributed by atoms with van der Waals surface area (Å²) in [5.41, 5.74) is 12.7. The van der Waals surface area contributed by atoms with Crippen molar-refractivity contribution >= 4 is 17.8 Å². The van der Waals surface area contributed by atoms with Crippen molar-refractivity contribution in [3.63, 3.8) is 0 Å². The second-order valence-electron chi connectivity index (χ2n) is 11.2. The number of piperazine rings is 1. The Labute approximate surface area is 221 Å². The van der Waals surface area contributed by atoms with Crippen LogP contribution in [0.4, 0.5) is 10.6 Å². The van der Waals surface area contributed by atoms with Crippen LogP contribution in [0.25, 0.3) is 5.69 Å². The number of aromatic nitrogens is 2. The Morgan fingerprint density at radius 3 is 2.21 bits per heavy atom. The molecule has 0 spiro atoms.